The number of rotatable bonds is 7. The van der Waals surface area contributed by atoms with Gasteiger partial charge in [-0.15, -0.1) is 10.2 Å². The van der Waals surface area contributed by atoms with Crippen molar-refractivity contribution < 1.29 is 13.9 Å². The van der Waals surface area contributed by atoms with Crippen LogP contribution in [0, 0.1) is 0 Å². The van der Waals surface area contributed by atoms with Crippen LogP contribution in [0.25, 0.3) is 0 Å². The molecule has 7 heteroatoms. The third-order valence-corrected chi connectivity index (χ3v) is 4.52. The highest BCUT2D eigenvalue weighted by Crippen LogP contribution is 2.25. The highest BCUT2D eigenvalue weighted by molar-refractivity contribution is 8.00. The van der Waals surface area contributed by atoms with Crippen molar-refractivity contribution in [3.05, 3.63) is 71.1 Å². The van der Waals surface area contributed by atoms with E-state index < -0.39 is 0 Å². The zero-order valence-corrected chi connectivity index (χ0v) is 15.0. The van der Waals surface area contributed by atoms with Crippen LogP contribution in [0.15, 0.2) is 64.2 Å². The van der Waals surface area contributed by atoms with E-state index in [-0.39, 0.29) is 17.6 Å². The summed E-state index contributed by atoms with van der Waals surface area (Å²) in [5.74, 6) is 1.02. The average molecular weight is 375 g/mol. The summed E-state index contributed by atoms with van der Waals surface area (Å²) in [6.45, 7) is 1.96. The van der Waals surface area contributed by atoms with Gasteiger partial charge < -0.3 is 9.15 Å². The molecule has 0 radical (unpaired) electrons. The normalized spacial score (nSPS) is 11.9. The van der Waals surface area contributed by atoms with Crippen LogP contribution in [0.2, 0.25) is 5.02 Å². The molecule has 0 saturated carbocycles. The average Bonchev–Trinajstić information content (AvgIpc) is 3.08. The molecule has 3 rings (SSSR count). The summed E-state index contributed by atoms with van der Waals surface area (Å²) in [6.07, 6.45) is 0. The first-order chi connectivity index (χ1) is 12.1. The van der Waals surface area contributed by atoms with E-state index in [1.165, 1.54) is 11.8 Å². The van der Waals surface area contributed by atoms with Gasteiger partial charge in [0.25, 0.3) is 11.1 Å². The zero-order chi connectivity index (χ0) is 17.6. The molecule has 0 aliphatic rings. The molecule has 5 nitrogen and oxygen atoms in total. The molecule has 0 fully saturated rings. The van der Waals surface area contributed by atoms with Crippen LogP contribution in [0.5, 0.6) is 5.75 Å². The second-order valence-electron chi connectivity index (χ2n) is 5.19. The Bertz CT molecular complexity index is 837. The number of aromatic nitrogens is 2. The lowest BCUT2D eigenvalue weighted by atomic mass is 10.1. The minimum atomic E-state index is -0.326. The van der Waals surface area contributed by atoms with E-state index in [9.17, 15) is 4.79 Å². The molecular formula is C18H15ClN2O3S. The predicted molar refractivity (Wildman–Crippen MR) is 96.2 cm³/mol. The fourth-order valence-electron chi connectivity index (χ4n) is 2.06. The van der Waals surface area contributed by atoms with Crippen LogP contribution in [-0.4, -0.2) is 21.2 Å². The maximum Gasteiger partial charge on any atom is 0.277 e. The molecule has 0 N–H and O–H groups in total. The zero-order valence-electron chi connectivity index (χ0n) is 13.4. The maximum absolute atomic E-state index is 12.3. The second kappa shape index (κ2) is 8.18. The number of thioether (sulfide) groups is 1. The minimum absolute atomic E-state index is 0.0164. The number of hydrogen-bond acceptors (Lipinski definition) is 6. The van der Waals surface area contributed by atoms with E-state index >= 15 is 0 Å². The van der Waals surface area contributed by atoms with Crippen LogP contribution in [0.1, 0.15) is 23.2 Å². The molecule has 3 aromatic rings. The van der Waals surface area contributed by atoms with E-state index in [0.29, 0.717) is 27.4 Å². The number of hydrogen-bond donors (Lipinski definition) is 0. The van der Waals surface area contributed by atoms with Gasteiger partial charge in [-0.05, 0) is 31.2 Å². The molecule has 0 spiro atoms. The molecule has 2 aromatic carbocycles. The van der Waals surface area contributed by atoms with Crippen molar-refractivity contribution in [2.24, 2.45) is 0 Å². The van der Waals surface area contributed by atoms with Crippen molar-refractivity contribution in [3.8, 4) is 5.75 Å². The quantitative estimate of drug-likeness (QED) is 0.442. The Morgan fingerprint density at radius 3 is 2.60 bits per heavy atom. The molecule has 0 saturated heterocycles. The topological polar surface area (TPSA) is 65.2 Å². The summed E-state index contributed by atoms with van der Waals surface area (Å²) < 4.78 is 11.1. The largest absolute Gasteiger partial charge is 0.484 e. The number of ether oxygens (including phenoxy) is 1. The lowest BCUT2D eigenvalue weighted by molar-refractivity contribution is 0.0993. The number of benzene rings is 2. The van der Waals surface area contributed by atoms with Crippen LogP contribution in [0.3, 0.4) is 0 Å². The van der Waals surface area contributed by atoms with Gasteiger partial charge in [0.1, 0.15) is 5.75 Å². The standard InChI is InChI=1S/C18H15ClN2O3S/c1-12(17(22)13-5-3-2-4-6-13)25-18-21-20-16(24-18)11-23-15-9-7-14(19)8-10-15/h2-10,12H,11H2,1H3. The molecule has 0 aliphatic carbocycles. The first-order valence-electron chi connectivity index (χ1n) is 7.58. The molecule has 0 amide bonds. The molecule has 1 aromatic heterocycles. The van der Waals surface area contributed by atoms with Crippen molar-refractivity contribution in [1.29, 1.82) is 0 Å². The molecule has 25 heavy (non-hydrogen) atoms. The van der Waals surface area contributed by atoms with Gasteiger partial charge >= 0.3 is 0 Å². The Morgan fingerprint density at radius 1 is 1.16 bits per heavy atom. The molecule has 1 unspecified atom stereocenters. The fourth-order valence-corrected chi connectivity index (χ4v) is 2.97. The summed E-state index contributed by atoms with van der Waals surface area (Å²) in [5, 5.41) is 8.54. The Hall–Kier alpha value is -2.31. The number of carbonyl (C=O) groups is 1. The third-order valence-electron chi connectivity index (χ3n) is 3.33. The number of nitrogens with zero attached hydrogens (tertiary/aromatic N) is 2. The summed E-state index contributed by atoms with van der Waals surface area (Å²) in [6, 6.07) is 16.1. The Balaban J connectivity index is 1.56. The van der Waals surface area contributed by atoms with E-state index in [1.54, 1.807) is 36.4 Å². The van der Waals surface area contributed by atoms with Crippen LogP contribution in [0.4, 0.5) is 0 Å². The Morgan fingerprint density at radius 2 is 1.88 bits per heavy atom. The molecular weight excluding hydrogens is 360 g/mol. The first kappa shape index (κ1) is 17.5. The summed E-state index contributed by atoms with van der Waals surface area (Å²) in [7, 11) is 0. The summed E-state index contributed by atoms with van der Waals surface area (Å²) in [5.41, 5.74) is 0.660. The fraction of sp³-hybridized carbons (Fsp3) is 0.167. The highest BCUT2D eigenvalue weighted by Gasteiger charge is 2.19. The summed E-state index contributed by atoms with van der Waals surface area (Å²) in [4.78, 5) is 12.3. The first-order valence-corrected chi connectivity index (χ1v) is 8.84. The van der Waals surface area contributed by atoms with Crippen molar-refractivity contribution in [1.82, 2.24) is 10.2 Å². The lowest BCUT2D eigenvalue weighted by Gasteiger charge is -2.07. The number of halogens is 1. The van der Waals surface area contributed by atoms with Gasteiger partial charge in [-0.25, -0.2) is 0 Å². The Kier molecular flexibility index (Phi) is 5.73. The SMILES string of the molecule is CC(Sc1nnc(COc2ccc(Cl)cc2)o1)C(=O)c1ccccc1. The van der Waals surface area contributed by atoms with Gasteiger partial charge in [-0.2, -0.15) is 0 Å². The number of Topliss-reactive ketones (excluding diaryl/α,β-unsaturated/α-hetero) is 1. The van der Waals surface area contributed by atoms with E-state index in [4.69, 9.17) is 20.8 Å². The van der Waals surface area contributed by atoms with E-state index in [2.05, 4.69) is 10.2 Å². The highest BCUT2D eigenvalue weighted by atomic mass is 35.5. The number of carbonyl (C=O) groups excluding carboxylic acids is 1. The smallest absolute Gasteiger partial charge is 0.277 e. The van der Waals surface area contributed by atoms with Crippen LogP contribution >= 0.6 is 23.4 Å². The van der Waals surface area contributed by atoms with Gasteiger partial charge in [-0.3, -0.25) is 4.79 Å². The molecule has 1 atom stereocenters. The van der Waals surface area contributed by atoms with Crippen molar-refractivity contribution in [2.75, 3.05) is 0 Å². The van der Waals surface area contributed by atoms with E-state index in [0.717, 1.165) is 0 Å². The van der Waals surface area contributed by atoms with Gasteiger partial charge in [0.15, 0.2) is 12.4 Å². The second-order valence-corrected chi connectivity index (χ2v) is 6.92. The third kappa shape index (κ3) is 4.84. The molecule has 0 bridgehead atoms. The van der Waals surface area contributed by atoms with Crippen molar-refractivity contribution in [3.63, 3.8) is 0 Å². The molecule has 1 heterocycles. The van der Waals surface area contributed by atoms with Gasteiger partial charge in [-0.1, -0.05) is 53.7 Å². The van der Waals surface area contributed by atoms with Crippen LogP contribution < -0.4 is 4.74 Å². The van der Waals surface area contributed by atoms with E-state index in [1.807, 2.05) is 25.1 Å². The molecule has 0 aliphatic heterocycles. The van der Waals surface area contributed by atoms with Crippen molar-refractivity contribution in [2.45, 2.75) is 24.0 Å². The van der Waals surface area contributed by atoms with Gasteiger partial charge in [0.05, 0.1) is 5.25 Å². The van der Waals surface area contributed by atoms with Crippen molar-refractivity contribution >= 4 is 29.1 Å². The molecule has 128 valence electrons. The Labute approximate surface area is 154 Å². The minimum Gasteiger partial charge on any atom is -0.484 e. The predicted octanol–water partition coefficient (Wildman–Crippen LogP) is 4.67. The summed E-state index contributed by atoms with van der Waals surface area (Å²) >= 11 is 7.05. The van der Waals surface area contributed by atoms with Gasteiger partial charge in [0.2, 0.25) is 0 Å². The maximum atomic E-state index is 12.3. The monoisotopic (exact) mass is 374 g/mol. The lowest BCUT2D eigenvalue weighted by Crippen LogP contribution is -2.13. The van der Waals surface area contributed by atoms with Gasteiger partial charge in [0, 0.05) is 10.6 Å². The van der Waals surface area contributed by atoms with Crippen LogP contribution in [-0.2, 0) is 6.61 Å². The number of ketones is 1.